The molecular weight excluding hydrogens is 390 g/mol. The molecule has 6 nitrogen and oxygen atoms in total. The molecule has 2 fully saturated rings. The van der Waals surface area contributed by atoms with Gasteiger partial charge in [0.2, 0.25) is 11.8 Å². The first kappa shape index (κ1) is 21.6. The van der Waals surface area contributed by atoms with E-state index in [1.54, 1.807) is 0 Å². The number of amides is 4. The number of nitrogens with zero attached hydrogens (tertiary/aromatic N) is 1. The Morgan fingerprint density at radius 3 is 2.71 bits per heavy atom. The van der Waals surface area contributed by atoms with E-state index in [2.05, 4.69) is 16.7 Å². The zero-order valence-corrected chi connectivity index (χ0v) is 18.1. The molecule has 1 saturated carbocycles. The van der Waals surface area contributed by atoms with E-state index in [9.17, 15) is 14.4 Å². The Hall–Kier alpha value is -2.63. The Bertz CT molecular complexity index is 836. The number of nitrogens with one attached hydrogen (secondary N) is 2. The van der Waals surface area contributed by atoms with E-state index in [0.717, 1.165) is 24.8 Å². The molecule has 0 spiro atoms. The van der Waals surface area contributed by atoms with Gasteiger partial charge in [-0.25, -0.2) is 4.79 Å². The molecule has 3 aliphatic rings. The number of imide groups is 1. The molecule has 1 heterocycles. The Kier molecular flexibility index (Phi) is 7.05. The molecule has 0 radical (unpaired) electrons. The molecule has 166 valence electrons. The quantitative estimate of drug-likeness (QED) is 0.658. The van der Waals surface area contributed by atoms with Crippen molar-refractivity contribution in [3.63, 3.8) is 0 Å². The van der Waals surface area contributed by atoms with Crippen molar-refractivity contribution in [1.82, 2.24) is 15.5 Å². The highest BCUT2D eigenvalue weighted by atomic mass is 16.2. The summed E-state index contributed by atoms with van der Waals surface area (Å²) >= 11 is 0. The molecule has 2 N–H and O–H groups in total. The predicted octanol–water partition coefficient (Wildman–Crippen LogP) is 3.57. The number of fused-ring (bicyclic) bond motifs is 1. The molecular formula is C25H33N3O3. The van der Waals surface area contributed by atoms with Gasteiger partial charge >= 0.3 is 6.03 Å². The van der Waals surface area contributed by atoms with Gasteiger partial charge < -0.3 is 10.6 Å². The minimum atomic E-state index is -0.326. The van der Waals surface area contributed by atoms with Gasteiger partial charge in [-0.1, -0.05) is 42.0 Å². The molecule has 4 amide bonds. The van der Waals surface area contributed by atoms with Crippen molar-refractivity contribution >= 4 is 17.8 Å². The van der Waals surface area contributed by atoms with Crippen LogP contribution in [0, 0.1) is 11.8 Å². The summed E-state index contributed by atoms with van der Waals surface area (Å²) in [5, 5.41) is 6.08. The number of urea groups is 1. The van der Waals surface area contributed by atoms with Crippen LogP contribution in [0.5, 0.6) is 0 Å². The van der Waals surface area contributed by atoms with Crippen LogP contribution < -0.4 is 10.6 Å². The third-order valence-corrected chi connectivity index (χ3v) is 6.96. The van der Waals surface area contributed by atoms with Gasteiger partial charge in [-0.05, 0) is 63.4 Å². The van der Waals surface area contributed by atoms with Gasteiger partial charge in [0, 0.05) is 25.0 Å². The van der Waals surface area contributed by atoms with Crippen LogP contribution in [-0.2, 0) is 16.0 Å². The maximum Gasteiger partial charge on any atom is 0.324 e. The minimum absolute atomic E-state index is 0.0584. The molecule has 1 aromatic carbocycles. The van der Waals surface area contributed by atoms with Crippen LogP contribution >= 0.6 is 0 Å². The summed E-state index contributed by atoms with van der Waals surface area (Å²) in [6.07, 6.45) is 10.6. The average Bonchev–Trinajstić information content (AvgIpc) is 2.80. The smallest absolute Gasteiger partial charge is 0.324 e. The van der Waals surface area contributed by atoms with Crippen molar-refractivity contribution < 1.29 is 14.4 Å². The lowest BCUT2D eigenvalue weighted by molar-refractivity contribution is -0.139. The number of rotatable bonds is 7. The van der Waals surface area contributed by atoms with E-state index in [1.807, 2.05) is 30.3 Å². The SMILES string of the molecule is O=C(NCCC1=CCCCC1)C1CCC2C(=O)N(CCc3ccccc3)C(=O)NC2C1. The molecule has 1 saturated heterocycles. The Morgan fingerprint density at radius 2 is 1.94 bits per heavy atom. The minimum Gasteiger partial charge on any atom is -0.356 e. The summed E-state index contributed by atoms with van der Waals surface area (Å²) in [4.78, 5) is 39.6. The van der Waals surface area contributed by atoms with Gasteiger partial charge in [0.15, 0.2) is 0 Å². The number of hydrogen-bond acceptors (Lipinski definition) is 3. The zero-order valence-electron chi connectivity index (χ0n) is 18.1. The molecule has 0 aromatic heterocycles. The summed E-state index contributed by atoms with van der Waals surface area (Å²) in [7, 11) is 0. The van der Waals surface area contributed by atoms with E-state index in [1.165, 1.54) is 23.3 Å². The third kappa shape index (κ3) is 5.35. The van der Waals surface area contributed by atoms with Crippen LogP contribution in [0.25, 0.3) is 0 Å². The van der Waals surface area contributed by atoms with Crippen LogP contribution in [0.3, 0.4) is 0 Å². The summed E-state index contributed by atoms with van der Waals surface area (Å²) in [5.74, 6) is -0.383. The molecule has 4 rings (SSSR count). The normalized spacial score (nSPS) is 26.0. The van der Waals surface area contributed by atoms with Gasteiger partial charge in [0.1, 0.15) is 0 Å². The fourth-order valence-electron chi connectivity index (χ4n) is 5.12. The summed E-state index contributed by atoms with van der Waals surface area (Å²) in [6, 6.07) is 9.32. The molecule has 1 aromatic rings. The molecule has 6 heteroatoms. The van der Waals surface area contributed by atoms with Gasteiger partial charge in [-0.15, -0.1) is 0 Å². The first-order valence-electron chi connectivity index (χ1n) is 11.7. The van der Waals surface area contributed by atoms with Crippen molar-refractivity contribution in [2.24, 2.45) is 11.8 Å². The summed E-state index contributed by atoms with van der Waals surface area (Å²) < 4.78 is 0. The Morgan fingerprint density at radius 1 is 1.10 bits per heavy atom. The number of carbonyl (C=O) groups excluding carboxylic acids is 3. The second kappa shape index (κ2) is 10.1. The lowest BCUT2D eigenvalue weighted by Crippen LogP contribution is -2.62. The number of allylic oxidation sites excluding steroid dienone is 1. The van der Waals surface area contributed by atoms with Crippen LogP contribution in [-0.4, -0.2) is 41.9 Å². The lowest BCUT2D eigenvalue weighted by atomic mass is 9.76. The molecule has 31 heavy (non-hydrogen) atoms. The standard InChI is InChI=1S/C25H33N3O3/c29-23(26-15-13-18-7-3-1-4-8-18)20-11-12-21-22(17-20)27-25(31)28(24(21)30)16-14-19-9-5-2-6-10-19/h2,5-7,9-10,20-22H,1,3-4,8,11-17H2,(H,26,29)(H,27,31). The lowest BCUT2D eigenvalue weighted by Gasteiger charge is -2.42. The monoisotopic (exact) mass is 423 g/mol. The highest BCUT2D eigenvalue weighted by molar-refractivity contribution is 5.99. The fraction of sp³-hybridized carbons (Fsp3) is 0.560. The molecule has 3 atom stereocenters. The second-order valence-corrected chi connectivity index (χ2v) is 9.05. The topological polar surface area (TPSA) is 78.5 Å². The number of carbonyl (C=O) groups is 3. The van der Waals surface area contributed by atoms with E-state index in [-0.39, 0.29) is 35.7 Å². The van der Waals surface area contributed by atoms with E-state index in [0.29, 0.717) is 38.8 Å². The maximum atomic E-state index is 13.0. The first-order chi connectivity index (χ1) is 15.1. The van der Waals surface area contributed by atoms with Gasteiger partial charge in [0.25, 0.3) is 0 Å². The average molecular weight is 424 g/mol. The van der Waals surface area contributed by atoms with Crippen molar-refractivity contribution in [3.05, 3.63) is 47.5 Å². The molecule has 0 bridgehead atoms. The van der Waals surface area contributed by atoms with Crippen LogP contribution in [0.15, 0.2) is 42.0 Å². The largest absolute Gasteiger partial charge is 0.356 e. The van der Waals surface area contributed by atoms with Gasteiger partial charge in [0.05, 0.1) is 5.92 Å². The summed E-state index contributed by atoms with van der Waals surface area (Å²) in [5.41, 5.74) is 2.56. The van der Waals surface area contributed by atoms with E-state index in [4.69, 9.17) is 0 Å². The third-order valence-electron chi connectivity index (χ3n) is 6.96. The van der Waals surface area contributed by atoms with Crippen molar-refractivity contribution in [2.75, 3.05) is 13.1 Å². The highest BCUT2D eigenvalue weighted by Gasteiger charge is 2.45. The van der Waals surface area contributed by atoms with E-state index >= 15 is 0 Å². The van der Waals surface area contributed by atoms with E-state index < -0.39 is 0 Å². The van der Waals surface area contributed by atoms with Crippen molar-refractivity contribution in [2.45, 2.75) is 63.8 Å². The van der Waals surface area contributed by atoms with Crippen molar-refractivity contribution in [3.8, 4) is 0 Å². The molecule has 2 aliphatic carbocycles. The molecule has 1 aliphatic heterocycles. The van der Waals surface area contributed by atoms with Gasteiger partial charge in [-0.2, -0.15) is 0 Å². The Labute approximate surface area is 184 Å². The van der Waals surface area contributed by atoms with Crippen molar-refractivity contribution in [1.29, 1.82) is 0 Å². The Balaban J connectivity index is 1.26. The maximum absolute atomic E-state index is 13.0. The highest BCUT2D eigenvalue weighted by Crippen LogP contribution is 2.33. The second-order valence-electron chi connectivity index (χ2n) is 9.05. The van der Waals surface area contributed by atoms with Gasteiger partial charge in [-0.3, -0.25) is 14.5 Å². The predicted molar refractivity (Wildman–Crippen MR) is 119 cm³/mol. The number of benzene rings is 1. The molecule has 3 unspecified atom stereocenters. The fourth-order valence-corrected chi connectivity index (χ4v) is 5.12. The number of hydrogen-bond donors (Lipinski definition) is 2. The van der Waals surface area contributed by atoms with Crippen LogP contribution in [0.4, 0.5) is 4.79 Å². The van der Waals surface area contributed by atoms with Crippen LogP contribution in [0.2, 0.25) is 0 Å². The first-order valence-corrected chi connectivity index (χ1v) is 11.7. The van der Waals surface area contributed by atoms with Crippen LogP contribution in [0.1, 0.15) is 56.9 Å². The zero-order chi connectivity index (χ0) is 21.6. The summed E-state index contributed by atoms with van der Waals surface area (Å²) in [6.45, 7) is 1.06.